The molecule has 0 bridgehead atoms. The first kappa shape index (κ1) is 26.4. The van der Waals surface area contributed by atoms with Gasteiger partial charge in [-0.15, -0.1) is 0 Å². The van der Waals surface area contributed by atoms with E-state index in [1.54, 1.807) is 0 Å². The zero-order valence-corrected chi connectivity index (χ0v) is 25.3. The predicted octanol–water partition coefficient (Wildman–Crippen LogP) is 13.0. The molecule has 0 aliphatic heterocycles. The highest BCUT2D eigenvalue weighted by Crippen LogP contribution is 2.48. The molecule has 9 aromatic carbocycles. The lowest BCUT2D eigenvalue weighted by molar-refractivity contribution is 1.62. The largest absolute Gasteiger partial charge is 0.0616 e. The summed E-state index contributed by atoms with van der Waals surface area (Å²) in [6.07, 6.45) is 0. The number of fused-ring (bicyclic) bond motifs is 4. The van der Waals surface area contributed by atoms with Crippen molar-refractivity contribution >= 4 is 43.1 Å². The van der Waals surface area contributed by atoms with E-state index in [4.69, 9.17) is 0 Å². The van der Waals surface area contributed by atoms with Gasteiger partial charge in [-0.3, -0.25) is 0 Å². The Morgan fingerprint density at radius 3 is 0.826 bits per heavy atom. The summed E-state index contributed by atoms with van der Waals surface area (Å²) in [4.78, 5) is 0. The van der Waals surface area contributed by atoms with Crippen LogP contribution >= 0.6 is 0 Å². The molecule has 214 valence electrons. The first-order valence-electron chi connectivity index (χ1n) is 16.0. The fourth-order valence-corrected chi connectivity index (χ4v) is 7.50. The zero-order valence-electron chi connectivity index (χ0n) is 25.3. The minimum Gasteiger partial charge on any atom is -0.0616 e. The van der Waals surface area contributed by atoms with Crippen LogP contribution in [0.15, 0.2) is 182 Å². The molecule has 9 rings (SSSR count). The fraction of sp³-hybridized carbons (Fsp3) is 0. The van der Waals surface area contributed by atoms with E-state index in [0.717, 1.165) is 0 Å². The Kier molecular flexibility index (Phi) is 6.25. The van der Waals surface area contributed by atoms with E-state index in [1.165, 1.54) is 87.6 Å². The molecular weight excluding hydrogens is 553 g/mol. The molecule has 0 aromatic heterocycles. The van der Waals surface area contributed by atoms with Gasteiger partial charge in [0.15, 0.2) is 0 Å². The highest BCUT2D eigenvalue weighted by Gasteiger charge is 2.21. The van der Waals surface area contributed by atoms with Gasteiger partial charge in [-0.2, -0.15) is 0 Å². The Balaban J connectivity index is 1.38. The molecule has 0 aliphatic carbocycles. The van der Waals surface area contributed by atoms with E-state index in [1.807, 2.05) is 0 Å². The molecule has 0 aliphatic rings. The third-order valence-corrected chi connectivity index (χ3v) is 9.48. The van der Waals surface area contributed by atoms with Gasteiger partial charge in [0.2, 0.25) is 0 Å². The summed E-state index contributed by atoms with van der Waals surface area (Å²) in [5.41, 5.74) is 10.1. The number of benzene rings is 9. The summed E-state index contributed by atoms with van der Waals surface area (Å²) >= 11 is 0. The Hall–Kier alpha value is -5.98. The molecule has 0 atom stereocenters. The predicted molar refractivity (Wildman–Crippen MR) is 198 cm³/mol. The molecule has 0 heteroatoms. The van der Waals surface area contributed by atoms with Crippen LogP contribution in [0, 0.1) is 0 Å². The second-order valence-corrected chi connectivity index (χ2v) is 12.0. The summed E-state index contributed by atoms with van der Waals surface area (Å²) in [5, 5.41) is 10.1. The molecule has 0 heterocycles. The summed E-state index contributed by atoms with van der Waals surface area (Å²) < 4.78 is 0. The van der Waals surface area contributed by atoms with Crippen LogP contribution in [0.2, 0.25) is 0 Å². The SMILES string of the molecule is c1ccc(-c2c3ccccc3c(-c3ccccc3-c3cccc4ccccc34)c3ccccc23)c(-c2cccc3ccccc23)c1. The first-order valence-corrected chi connectivity index (χ1v) is 16.0. The van der Waals surface area contributed by atoms with Crippen molar-refractivity contribution in [3.63, 3.8) is 0 Å². The van der Waals surface area contributed by atoms with E-state index >= 15 is 0 Å². The summed E-state index contributed by atoms with van der Waals surface area (Å²) in [7, 11) is 0. The summed E-state index contributed by atoms with van der Waals surface area (Å²) in [6, 6.07) is 66.5. The standard InChI is InChI=1S/C46H30/c1-3-19-33-31(15-1)17-13-29-35(33)37-21-5-7-23-39(37)45-41-25-9-11-27-43(41)46(44-28-12-10-26-42(44)45)40-24-8-6-22-38(40)36-30-14-18-32-16-2-4-20-34(32)36/h1-30H. The van der Waals surface area contributed by atoms with Crippen molar-refractivity contribution in [1.82, 2.24) is 0 Å². The van der Waals surface area contributed by atoms with Crippen LogP contribution in [0.1, 0.15) is 0 Å². The van der Waals surface area contributed by atoms with Crippen LogP contribution in [0.3, 0.4) is 0 Å². The van der Waals surface area contributed by atoms with Gasteiger partial charge in [0.05, 0.1) is 0 Å². The van der Waals surface area contributed by atoms with E-state index in [0.29, 0.717) is 0 Å². The van der Waals surface area contributed by atoms with Crippen molar-refractivity contribution < 1.29 is 0 Å². The van der Waals surface area contributed by atoms with Gasteiger partial charge >= 0.3 is 0 Å². The van der Waals surface area contributed by atoms with Crippen molar-refractivity contribution in [2.45, 2.75) is 0 Å². The first-order chi connectivity index (χ1) is 22.9. The van der Waals surface area contributed by atoms with Crippen LogP contribution in [0.4, 0.5) is 0 Å². The quantitative estimate of drug-likeness (QED) is 0.181. The molecule has 9 aromatic rings. The maximum absolute atomic E-state index is 2.31. The molecular formula is C46H30. The van der Waals surface area contributed by atoms with E-state index in [-0.39, 0.29) is 0 Å². The number of rotatable bonds is 4. The molecule has 0 saturated heterocycles. The minimum atomic E-state index is 1.25. The van der Waals surface area contributed by atoms with Gasteiger partial charge < -0.3 is 0 Å². The van der Waals surface area contributed by atoms with Crippen LogP contribution in [0.5, 0.6) is 0 Å². The van der Waals surface area contributed by atoms with Crippen molar-refractivity contribution in [1.29, 1.82) is 0 Å². The normalized spacial score (nSPS) is 11.5. The van der Waals surface area contributed by atoms with Crippen molar-refractivity contribution in [2.75, 3.05) is 0 Å². The lowest BCUT2D eigenvalue weighted by Gasteiger charge is -2.21. The molecule has 0 N–H and O–H groups in total. The molecule has 46 heavy (non-hydrogen) atoms. The minimum absolute atomic E-state index is 1.25. The second kappa shape index (κ2) is 10.9. The van der Waals surface area contributed by atoms with E-state index < -0.39 is 0 Å². The molecule has 0 nitrogen and oxygen atoms in total. The highest BCUT2D eigenvalue weighted by atomic mass is 14.2. The molecule has 0 saturated carbocycles. The fourth-order valence-electron chi connectivity index (χ4n) is 7.50. The topological polar surface area (TPSA) is 0 Å². The van der Waals surface area contributed by atoms with Crippen molar-refractivity contribution in [3.05, 3.63) is 182 Å². The molecule has 0 amide bonds. The Labute approximate surface area is 268 Å². The van der Waals surface area contributed by atoms with E-state index in [2.05, 4.69) is 182 Å². The third-order valence-electron chi connectivity index (χ3n) is 9.48. The lowest BCUT2D eigenvalue weighted by atomic mass is 9.81. The molecule has 0 radical (unpaired) electrons. The summed E-state index contributed by atoms with van der Waals surface area (Å²) in [6.45, 7) is 0. The molecule has 0 fully saturated rings. The number of hydrogen-bond donors (Lipinski definition) is 0. The van der Waals surface area contributed by atoms with Gasteiger partial charge in [-0.05, 0) is 87.6 Å². The zero-order chi connectivity index (χ0) is 30.5. The van der Waals surface area contributed by atoms with E-state index in [9.17, 15) is 0 Å². The monoisotopic (exact) mass is 582 g/mol. The van der Waals surface area contributed by atoms with Gasteiger partial charge in [0.25, 0.3) is 0 Å². The second-order valence-electron chi connectivity index (χ2n) is 12.0. The maximum Gasteiger partial charge on any atom is -0.00201 e. The van der Waals surface area contributed by atoms with Gasteiger partial charge in [0, 0.05) is 0 Å². The average molecular weight is 583 g/mol. The average Bonchev–Trinajstić information content (AvgIpc) is 3.13. The maximum atomic E-state index is 2.31. The Morgan fingerprint density at radius 1 is 0.174 bits per heavy atom. The lowest BCUT2D eigenvalue weighted by Crippen LogP contribution is -1.94. The Bertz CT molecular complexity index is 2340. The van der Waals surface area contributed by atoms with Gasteiger partial charge in [-0.1, -0.05) is 182 Å². The highest BCUT2D eigenvalue weighted by molar-refractivity contribution is 6.24. The van der Waals surface area contributed by atoms with Crippen LogP contribution in [-0.4, -0.2) is 0 Å². The van der Waals surface area contributed by atoms with Gasteiger partial charge in [0.1, 0.15) is 0 Å². The van der Waals surface area contributed by atoms with Crippen LogP contribution < -0.4 is 0 Å². The molecule has 0 unspecified atom stereocenters. The van der Waals surface area contributed by atoms with Crippen molar-refractivity contribution in [2.24, 2.45) is 0 Å². The van der Waals surface area contributed by atoms with Crippen LogP contribution in [0.25, 0.3) is 87.6 Å². The third kappa shape index (κ3) is 4.15. The Morgan fingerprint density at radius 2 is 0.435 bits per heavy atom. The molecule has 0 spiro atoms. The number of hydrogen-bond acceptors (Lipinski definition) is 0. The van der Waals surface area contributed by atoms with Crippen molar-refractivity contribution in [3.8, 4) is 44.5 Å². The smallest absolute Gasteiger partial charge is 0.00201 e. The van der Waals surface area contributed by atoms with Gasteiger partial charge in [-0.25, -0.2) is 0 Å². The summed E-state index contributed by atoms with van der Waals surface area (Å²) in [5.74, 6) is 0. The van der Waals surface area contributed by atoms with Crippen LogP contribution in [-0.2, 0) is 0 Å².